The van der Waals surface area contributed by atoms with Crippen LogP contribution in [0.5, 0.6) is 5.75 Å². The first-order valence-electron chi connectivity index (χ1n) is 8.61. The molecule has 3 heteroatoms. The Hall–Kier alpha value is -3.72. The third-order valence-corrected chi connectivity index (χ3v) is 4.35. The molecule has 0 saturated heterocycles. The summed E-state index contributed by atoms with van der Waals surface area (Å²) in [7, 11) is 0. The zero-order valence-corrected chi connectivity index (χ0v) is 14.5. The zero-order valence-electron chi connectivity index (χ0n) is 14.5. The quantitative estimate of drug-likeness (QED) is 0.285. The molecule has 130 valence electrons. The van der Waals surface area contributed by atoms with Crippen molar-refractivity contribution in [1.82, 2.24) is 0 Å². The molecular weight excluding hydrogens is 336 g/mol. The summed E-state index contributed by atoms with van der Waals surface area (Å²) in [5, 5.41) is 2.05. The number of hydrogen-bond donors (Lipinski definition) is 0. The van der Waals surface area contributed by atoms with Crippen molar-refractivity contribution in [3.05, 3.63) is 114 Å². The van der Waals surface area contributed by atoms with Gasteiger partial charge in [-0.15, -0.1) is 0 Å². The molecule has 0 saturated carbocycles. The van der Waals surface area contributed by atoms with Gasteiger partial charge in [0.15, 0.2) is 5.78 Å². The van der Waals surface area contributed by atoms with Gasteiger partial charge in [-0.05, 0) is 47.2 Å². The van der Waals surface area contributed by atoms with Crippen LogP contribution in [0, 0.1) is 0 Å². The summed E-state index contributed by atoms with van der Waals surface area (Å²) in [4.78, 5) is 24.8. The van der Waals surface area contributed by atoms with Crippen molar-refractivity contribution in [3.63, 3.8) is 0 Å². The molecule has 0 fully saturated rings. The monoisotopic (exact) mass is 352 g/mol. The number of rotatable bonds is 4. The first-order chi connectivity index (χ1) is 13.2. The largest absolute Gasteiger partial charge is 0.423 e. The van der Waals surface area contributed by atoms with E-state index in [0.717, 1.165) is 10.8 Å². The Bertz CT molecular complexity index is 1110. The lowest BCUT2D eigenvalue weighted by molar-refractivity contribution is 0.0735. The van der Waals surface area contributed by atoms with E-state index in [1.165, 1.54) is 0 Å². The van der Waals surface area contributed by atoms with Crippen molar-refractivity contribution in [1.29, 1.82) is 0 Å². The fourth-order valence-corrected chi connectivity index (χ4v) is 2.91. The molecule has 0 atom stereocenters. The van der Waals surface area contributed by atoms with Gasteiger partial charge in [0.2, 0.25) is 0 Å². The minimum absolute atomic E-state index is 0.0667. The summed E-state index contributed by atoms with van der Waals surface area (Å²) in [6.45, 7) is 0. The molecular formula is C24H16O3. The van der Waals surface area contributed by atoms with Crippen LogP contribution in [0.25, 0.3) is 10.8 Å². The van der Waals surface area contributed by atoms with Crippen LogP contribution >= 0.6 is 0 Å². The first kappa shape index (κ1) is 16.7. The topological polar surface area (TPSA) is 43.4 Å². The molecule has 0 heterocycles. The molecule has 0 aromatic heterocycles. The highest BCUT2D eigenvalue weighted by atomic mass is 16.5. The standard InChI is InChI=1S/C24H16O3/c25-23(18-7-2-1-3-8-18)19-12-14-22(15-13-19)27-24(26)21-11-10-17-6-4-5-9-20(17)16-21/h1-16H. The molecule has 0 aliphatic carbocycles. The molecule has 4 aromatic rings. The third kappa shape index (κ3) is 3.62. The fourth-order valence-electron chi connectivity index (χ4n) is 2.91. The predicted molar refractivity (Wildman–Crippen MR) is 105 cm³/mol. The Labute approximate surface area is 156 Å². The van der Waals surface area contributed by atoms with E-state index < -0.39 is 5.97 Å². The number of ketones is 1. The van der Waals surface area contributed by atoms with Gasteiger partial charge in [-0.3, -0.25) is 4.79 Å². The SMILES string of the molecule is O=C(Oc1ccc(C(=O)c2ccccc2)cc1)c1ccc2ccccc2c1. The first-order valence-corrected chi connectivity index (χ1v) is 8.61. The van der Waals surface area contributed by atoms with Crippen LogP contribution in [-0.2, 0) is 0 Å². The Morgan fingerprint density at radius 2 is 1.15 bits per heavy atom. The van der Waals surface area contributed by atoms with E-state index in [1.807, 2.05) is 54.6 Å². The van der Waals surface area contributed by atoms with Crippen LogP contribution in [0.3, 0.4) is 0 Å². The van der Waals surface area contributed by atoms with Gasteiger partial charge in [-0.1, -0.05) is 60.7 Å². The molecule has 0 N–H and O–H groups in total. The third-order valence-electron chi connectivity index (χ3n) is 4.35. The minimum atomic E-state index is -0.428. The van der Waals surface area contributed by atoms with Crippen molar-refractivity contribution in [3.8, 4) is 5.75 Å². The molecule has 0 aliphatic heterocycles. The molecule has 0 amide bonds. The molecule has 0 unspecified atom stereocenters. The number of benzene rings is 4. The summed E-state index contributed by atoms with van der Waals surface area (Å²) >= 11 is 0. The van der Waals surface area contributed by atoms with Crippen molar-refractivity contribution in [2.45, 2.75) is 0 Å². The molecule has 0 aliphatic rings. The second-order valence-electron chi connectivity index (χ2n) is 6.17. The fraction of sp³-hybridized carbons (Fsp3) is 0. The van der Waals surface area contributed by atoms with Crippen LogP contribution in [0.4, 0.5) is 0 Å². The van der Waals surface area contributed by atoms with Crippen LogP contribution in [0.1, 0.15) is 26.3 Å². The lowest BCUT2D eigenvalue weighted by Crippen LogP contribution is -2.08. The van der Waals surface area contributed by atoms with Crippen LogP contribution < -0.4 is 4.74 Å². The minimum Gasteiger partial charge on any atom is -0.423 e. The van der Waals surface area contributed by atoms with E-state index in [0.29, 0.717) is 22.4 Å². The van der Waals surface area contributed by atoms with E-state index in [-0.39, 0.29) is 5.78 Å². The number of fused-ring (bicyclic) bond motifs is 1. The number of carbonyl (C=O) groups is 2. The maximum absolute atomic E-state index is 12.4. The average molecular weight is 352 g/mol. The van der Waals surface area contributed by atoms with Crippen molar-refractivity contribution in [2.75, 3.05) is 0 Å². The Kier molecular flexibility index (Phi) is 4.50. The maximum atomic E-state index is 12.4. The second kappa shape index (κ2) is 7.26. The Morgan fingerprint density at radius 3 is 1.89 bits per heavy atom. The predicted octanol–water partition coefficient (Wildman–Crippen LogP) is 5.29. The van der Waals surface area contributed by atoms with E-state index in [2.05, 4.69) is 0 Å². The summed E-state index contributed by atoms with van der Waals surface area (Å²) < 4.78 is 5.44. The van der Waals surface area contributed by atoms with E-state index in [4.69, 9.17) is 4.74 Å². The summed E-state index contributed by atoms with van der Waals surface area (Å²) in [5.74, 6) is -0.0938. The molecule has 4 rings (SSSR count). The molecule has 27 heavy (non-hydrogen) atoms. The van der Waals surface area contributed by atoms with Crippen LogP contribution in [0.2, 0.25) is 0 Å². The molecule has 4 aromatic carbocycles. The Balaban J connectivity index is 1.50. The van der Waals surface area contributed by atoms with Gasteiger partial charge in [0.25, 0.3) is 0 Å². The summed E-state index contributed by atoms with van der Waals surface area (Å²) in [6.07, 6.45) is 0. The summed E-state index contributed by atoms with van der Waals surface area (Å²) in [5.41, 5.74) is 1.66. The average Bonchev–Trinajstić information content (AvgIpc) is 2.74. The zero-order chi connectivity index (χ0) is 18.6. The molecule has 3 nitrogen and oxygen atoms in total. The van der Waals surface area contributed by atoms with E-state index in [9.17, 15) is 9.59 Å². The number of ether oxygens (including phenoxy) is 1. The maximum Gasteiger partial charge on any atom is 0.343 e. The number of hydrogen-bond acceptors (Lipinski definition) is 3. The smallest absolute Gasteiger partial charge is 0.343 e. The van der Waals surface area contributed by atoms with Crippen molar-refractivity contribution in [2.24, 2.45) is 0 Å². The molecule has 0 spiro atoms. The number of esters is 1. The Morgan fingerprint density at radius 1 is 0.556 bits per heavy atom. The lowest BCUT2D eigenvalue weighted by atomic mass is 10.0. The van der Waals surface area contributed by atoms with E-state index in [1.54, 1.807) is 42.5 Å². The van der Waals surface area contributed by atoms with Gasteiger partial charge >= 0.3 is 5.97 Å². The highest BCUT2D eigenvalue weighted by Crippen LogP contribution is 2.19. The van der Waals surface area contributed by atoms with Gasteiger partial charge in [0.05, 0.1) is 5.56 Å². The number of carbonyl (C=O) groups excluding carboxylic acids is 2. The molecule has 0 bridgehead atoms. The van der Waals surface area contributed by atoms with Crippen molar-refractivity contribution >= 4 is 22.5 Å². The normalized spacial score (nSPS) is 10.5. The molecule has 0 radical (unpaired) electrons. The van der Waals surface area contributed by atoms with Gasteiger partial charge in [0, 0.05) is 11.1 Å². The van der Waals surface area contributed by atoms with Gasteiger partial charge in [-0.2, -0.15) is 0 Å². The summed E-state index contributed by atoms with van der Waals surface area (Å²) in [6, 6.07) is 29.0. The van der Waals surface area contributed by atoms with Crippen LogP contribution in [-0.4, -0.2) is 11.8 Å². The van der Waals surface area contributed by atoms with E-state index >= 15 is 0 Å². The van der Waals surface area contributed by atoms with Gasteiger partial charge in [-0.25, -0.2) is 4.79 Å². The van der Waals surface area contributed by atoms with Gasteiger partial charge < -0.3 is 4.74 Å². The highest BCUT2D eigenvalue weighted by molar-refractivity contribution is 6.09. The second-order valence-corrected chi connectivity index (χ2v) is 6.17. The van der Waals surface area contributed by atoms with Crippen molar-refractivity contribution < 1.29 is 14.3 Å². The highest BCUT2D eigenvalue weighted by Gasteiger charge is 2.11. The van der Waals surface area contributed by atoms with Gasteiger partial charge in [0.1, 0.15) is 5.75 Å². The lowest BCUT2D eigenvalue weighted by Gasteiger charge is -2.07. The van der Waals surface area contributed by atoms with Crippen LogP contribution in [0.15, 0.2) is 97.1 Å².